The van der Waals surface area contributed by atoms with Crippen LogP contribution in [0.3, 0.4) is 0 Å². The van der Waals surface area contributed by atoms with Gasteiger partial charge in [0, 0.05) is 5.02 Å². The molecule has 0 saturated carbocycles. The van der Waals surface area contributed by atoms with Crippen LogP contribution in [-0.4, -0.2) is 17.3 Å². The number of rotatable bonds is 2. The van der Waals surface area contributed by atoms with Crippen molar-refractivity contribution in [2.45, 2.75) is 0 Å². The van der Waals surface area contributed by atoms with Crippen LogP contribution in [0.25, 0.3) is 0 Å². The molecule has 0 spiro atoms. The third kappa shape index (κ3) is 2.46. The van der Waals surface area contributed by atoms with Crippen molar-refractivity contribution in [3.8, 4) is 0 Å². The molecule has 0 bridgehead atoms. The van der Waals surface area contributed by atoms with E-state index in [4.69, 9.17) is 28.6 Å². The standard InChI is InChI=1S/C11H8ClNO2S2/c1-15-6-9-10(14)13(11(16)17-9)8-4-2-3-7(12)5-8/h2-6H,1H3/b9-6+. The van der Waals surface area contributed by atoms with Crippen molar-refractivity contribution in [3.05, 3.63) is 40.5 Å². The molecule has 0 N–H and O–H groups in total. The Kier molecular flexibility index (Phi) is 3.71. The zero-order valence-corrected chi connectivity index (χ0v) is 11.2. The summed E-state index contributed by atoms with van der Waals surface area (Å²) in [5.41, 5.74) is 0.666. The maximum absolute atomic E-state index is 12.0. The number of anilines is 1. The number of amides is 1. The van der Waals surface area contributed by atoms with E-state index in [1.54, 1.807) is 24.3 Å². The van der Waals surface area contributed by atoms with Gasteiger partial charge in [-0.25, -0.2) is 0 Å². The van der Waals surface area contributed by atoms with Crippen molar-refractivity contribution in [1.82, 2.24) is 0 Å². The van der Waals surface area contributed by atoms with E-state index in [0.29, 0.717) is 19.9 Å². The number of methoxy groups -OCH3 is 1. The van der Waals surface area contributed by atoms with Crippen LogP contribution in [0.2, 0.25) is 5.02 Å². The lowest BCUT2D eigenvalue weighted by molar-refractivity contribution is -0.113. The van der Waals surface area contributed by atoms with Gasteiger partial charge in [0.05, 0.1) is 12.8 Å². The van der Waals surface area contributed by atoms with Gasteiger partial charge in [-0.05, 0) is 18.2 Å². The first-order chi connectivity index (χ1) is 8.13. The molecule has 6 heteroatoms. The zero-order valence-electron chi connectivity index (χ0n) is 8.84. The predicted octanol–water partition coefficient (Wildman–Crippen LogP) is 3.19. The topological polar surface area (TPSA) is 29.5 Å². The summed E-state index contributed by atoms with van der Waals surface area (Å²) in [5.74, 6) is -0.191. The number of nitrogens with zero attached hydrogens (tertiary/aromatic N) is 1. The number of thiocarbonyl (C=S) groups is 1. The third-order valence-corrected chi connectivity index (χ3v) is 3.60. The van der Waals surface area contributed by atoms with E-state index in [2.05, 4.69) is 0 Å². The first kappa shape index (κ1) is 12.4. The molecule has 1 aromatic rings. The monoisotopic (exact) mass is 285 g/mol. The first-order valence-electron chi connectivity index (χ1n) is 4.68. The molecule has 0 aromatic heterocycles. The minimum absolute atomic E-state index is 0.191. The van der Waals surface area contributed by atoms with Gasteiger partial charge in [0.2, 0.25) is 0 Å². The number of ether oxygens (including phenoxy) is 1. The molecule has 1 amide bonds. The second-order valence-corrected chi connectivity index (χ2v) is 5.32. The van der Waals surface area contributed by atoms with Gasteiger partial charge in [-0.3, -0.25) is 9.69 Å². The van der Waals surface area contributed by atoms with Crippen molar-refractivity contribution in [2.75, 3.05) is 12.0 Å². The molecule has 17 heavy (non-hydrogen) atoms. The lowest BCUT2D eigenvalue weighted by Crippen LogP contribution is -2.27. The molecule has 1 aliphatic rings. The lowest BCUT2D eigenvalue weighted by atomic mass is 10.3. The van der Waals surface area contributed by atoms with Crippen LogP contribution in [0.5, 0.6) is 0 Å². The smallest absolute Gasteiger partial charge is 0.273 e. The van der Waals surface area contributed by atoms with Crippen molar-refractivity contribution < 1.29 is 9.53 Å². The van der Waals surface area contributed by atoms with Gasteiger partial charge in [0.25, 0.3) is 5.91 Å². The van der Waals surface area contributed by atoms with E-state index in [9.17, 15) is 4.79 Å². The lowest BCUT2D eigenvalue weighted by Gasteiger charge is -2.14. The number of hydrogen-bond donors (Lipinski definition) is 0. The summed E-state index contributed by atoms with van der Waals surface area (Å²) in [6.07, 6.45) is 1.39. The molecular weight excluding hydrogens is 278 g/mol. The number of halogens is 1. The molecule has 1 heterocycles. The molecule has 1 aromatic carbocycles. The van der Waals surface area contributed by atoms with Crippen LogP contribution in [-0.2, 0) is 9.53 Å². The van der Waals surface area contributed by atoms with Crippen LogP contribution in [0.1, 0.15) is 0 Å². The van der Waals surface area contributed by atoms with Crippen LogP contribution in [0.15, 0.2) is 35.4 Å². The highest BCUT2D eigenvalue weighted by Gasteiger charge is 2.33. The fraction of sp³-hybridized carbons (Fsp3) is 0.0909. The molecule has 0 atom stereocenters. The van der Waals surface area contributed by atoms with Crippen molar-refractivity contribution in [3.63, 3.8) is 0 Å². The molecule has 88 valence electrons. The summed E-state index contributed by atoms with van der Waals surface area (Å²) in [7, 11) is 1.49. The number of hydrogen-bond acceptors (Lipinski definition) is 4. The number of benzene rings is 1. The molecule has 0 radical (unpaired) electrons. The van der Waals surface area contributed by atoms with Gasteiger partial charge >= 0.3 is 0 Å². The fourth-order valence-corrected chi connectivity index (χ4v) is 2.83. The number of thioether (sulfide) groups is 1. The summed E-state index contributed by atoms with van der Waals surface area (Å²) in [5, 5.41) is 0.562. The van der Waals surface area contributed by atoms with Gasteiger partial charge in [0.1, 0.15) is 11.2 Å². The summed E-state index contributed by atoms with van der Waals surface area (Å²) >= 11 is 12.3. The average Bonchev–Trinajstić information content (AvgIpc) is 2.55. The molecule has 3 nitrogen and oxygen atoms in total. The molecule has 1 aliphatic heterocycles. The molecule has 0 unspecified atom stereocenters. The minimum atomic E-state index is -0.191. The minimum Gasteiger partial charge on any atom is -0.503 e. The van der Waals surface area contributed by atoms with Crippen molar-refractivity contribution in [2.24, 2.45) is 0 Å². The normalized spacial score (nSPS) is 18.0. The van der Waals surface area contributed by atoms with Gasteiger partial charge in [0.15, 0.2) is 4.32 Å². The number of carbonyl (C=O) groups is 1. The third-order valence-electron chi connectivity index (χ3n) is 2.09. The maximum Gasteiger partial charge on any atom is 0.273 e. The highest BCUT2D eigenvalue weighted by atomic mass is 35.5. The summed E-state index contributed by atoms with van der Waals surface area (Å²) in [4.78, 5) is 14.0. The van der Waals surface area contributed by atoms with E-state index >= 15 is 0 Å². The Balaban J connectivity index is 2.37. The molecule has 0 aliphatic carbocycles. The Morgan fingerprint density at radius 2 is 2.29 bits per heavy atom. The van der Waals surface area contributed by atoms with Crippen molar-refractivity contribution >= 4 is 51.5 Å². The van der Waals surface area contributed by atoms with E-state index < -0.39 is 0 Å². The summed E-state index contributed by atoms with van der Waals surface area (Å²) in [6, 6.07) is 7.00. The van der Waals surface area contributed by atoms with Gasteiger partial charge < -0.3 is 4.74 Å². The predicted molar refractivity (Wildman–Crippen MR) is 74.2 cm³/mol. The van der Waals surface area contributed by atoms with E-state index in [0.717, 1.165) is 0 Å². The molecule has 1 saturated heterocycles. The summed E-state index contributed by atoms with van der Waals surface area (Å²) in [6.45, 7) is 0. The van der Waals surface area contributed by atoms with Gasteiger partial charge in [-0.2, -0.15) is 0 Å². The fourth-order valence-electron chi connectivity index (χ4n) is 1.40. The van der Waals surface area contributed by atoms with E-state index in [-0.39, 0.29) is 5.91 Å². The highest BCUT2D eigenvalue weighted by Crippen LogP contribution is 2.35. The SMILES string of the molecule is CO/C=C1/SC(=S)N(c2cccc(Cl)c2)C1=O. The van der Waals surface area contributed by atoms with Gasteiger partial charge in [-0.1, -0.05) is 41.6 Å². The Morgan fingerprint density at radius 1 is 1.53 bits per heavy atom. The Labute approximate surface area is 113 Å². The second-order valence-electron chi connectivity index (χ2n) is 3.21. The highest BCUT2D eigenvalue weighted by molar-refractivity contribution is 8.27. The largest absolute Gasteiger partial charge is 0.503 e. The van der Waals surface area contributed by atoms with Crippen LogP contribution >= 0.6 is 35.6 Å². The first-order valence-corrected chi connectivity index (χ1v) is 6.28. The summed E-state index contributed by atoms with van der Waals surface area (Å²) < 4.78 is 5.31. The Morgan fingerprint density at radius 3 is 2.94 bits per heavy atom. The van der Waals surface area contributed by atoms with Crippen LogP contribution in [0, 0.1) is 0 Å². The van der Waals surface area contributed by atoms with Crippen molar-refractivity contribution in [1.29, 1.82) is 0 Å². The second kappa shape index (κ2) is 5.08. The van der Waals surface area contributed by atoms with E-state index in [1.807, 2.05) is 0 Å². The molecular formula is C11H8ClNO2S2. The average molecular weight is 286 g/mol. The Hall–Kier alpha value is -1.04. The Bertz CT molecular complexity index is 516. The van der Waals surface area contributed by atoms with Crippen LogP contribution < -0.4 is 4.90 Å². The molecule has 1 fully saturated rings. The zero-order chi connectivity index (χ0) is 12.4. The maximum atomic E-state index is 12.0. The van der Waals surface area contributed by atoms with E-state index in [1.165, 1.54) is 30.0 Å². The number of carbonyl (C=O) groups excluding carboxylic acids is 1. The van der Waals surface area contributed by atoms with Crippen LogP contribution in [0.4, 0.5) is 5.69 Å². The quantitative estimate of drug-likeness (QED) is 0.474. The molecule has 2 rings (SSSR count). The van der Waals surface area contributed by atoms with Gasteiger partial charge in [-0.15, -0.1) is 0 Å².